The van der Waals surface area contributed by atoms with Gasteiger partial charge < -0.3 is 0 Å². The fourth-order valence-corrected chi connectivity index (χ4v) is 3.69. The second kappa shape index (κ2) is 5.17. The normalized spacial score (nSPS) is 15.8. The zero-order chi connectivity index (χ0) is 18.1. The van der Waals surface area contributed by atoms with Crippen molar-refractivity contribution in [3.63, 3.8) is 0 Å². The van der Waals surface area contributed by atoms with Crippen molar-refractivity contribution in [3.05, 3.63) is 51.8 Å². The summed E-state index contributed by atoms with van der Waals surface area (Å²) in [5.74, 6) is 0.609. The lowest BCUT2D eigenvalue weighted by molar-refractivity contribution is 0.547. The molecule has 132 valence electrons. The molecule has 0 bridgehead atoms. The van der Waals surface area contributed by atoms with Gasteiger partial charge in [0.15, 0.2) is 11.5 Å². The van der Waals surface area contributed by atoms with E-state index in [1.54, 1.807) is 41.0 Å². The molecule has 0 aliphatic heterocycles. The standard InChI is InChI=1S/C18H17ClN6O/c1-18(5-6-18)8-12-9-21-22-25(12)15-16-23(2)17(26)13-7-11(19)3-4-14(13)24(16)10-20-15/h3-4,7,9-10H,5-6,8H2,1-2H3. The van der Waals surface area contributed by atoms with Crippen LogP contribution < -0.4 is 5.56 Å². The van der Waals surface area contributed by atoms with E-state index in [0.29, 0.717) is 27.3 Å². The SMILES string of the molecule is Cn1c(=O)c2cc(Cl)ccc2n2cnc(-n3nncc3CC3(C)CC3)c12. The molecule has 26 heavy (non-hydrogen) atoms. The van der Waals surface area contributed by atoms with Crippen molar-refractivity contribution in [2.75, 3.05) is 0 Å². The number of hydrogen-bond acceptors (Lipinski definition) is 4. The maximum atomic E-state index is 12.9. The van der Waals surface area contributed by atoms with Crippen molar-refractivity contribution in [1.29, 1.82) is 0 Å². The first-order chi connectivity index (χ1) is 12.5. The molecule has 1 aromatic carbocycles. The molecule has 0 amide bonds. The van der Waals surface area contributed by atoms with E-state index in [2.05, 4.69) is 22.2 Å². The lowest BCUT2D eigenvalue weighted by Gasteiger charge is -2.11. The number of aromatic nitrogens is 6. The average Bonchev–Trinajstić information content (AvgIpc) is 3.00. The van der Waals surface area contributed by atoms with Crippen LogP contribution in [0.3, 0.4) is 0 Å². The third-order valence-corrected chi connectivity index (χ3v) is 5.56. The molecule has 3 aromatic heterocycles. The predicted molar refractivity (Wildman–Crippen MR) is 98.9 cm³/mol. The molecule has 0 spiro atoms. The van der Waals surface area contributed by atoms with Crippen LogP contribution in [-0.4, -0.2) is 28.9 Å². The van der Waals surface area contributed by atoms with Gasteiger partial charge in [-0.2, -0.15) is 4.68 Å². The summed E-state index contributed by atoms with van der Waals surface area (Å²) in [5.41, 5.74) is 2.66. The number of benzene rings is 1. The fraction of sp³-hybridized carbons (Fsp3) is 0.333. The molecule has 5 rings (SSSR count). The van der Waals surface area contributed by atoms with Gasteiger partial charge in [-0.1, -0.05) is 23.7 Å². The molecule has 4 aromatic rings. The Labute approximate surface area is 153 Å². The Hall–Kier alpha value is -2.67. The van der Waals surface area contributed by atoms with E-state index < -0.39 is 0 Å². The number of hydrogen-bond donors (Lipinski definition) is 0. The quantitative estimate of drug-likeness (QED) is 0.557. The first-order valence-corrected chi connectivity index (χ1v) is 8.90. The predicted octanol–water partition coefficient (Wildman–Crippen LogP) is 2.76. The van der Waals surface area contributed by atoms with Gasteiger partial charge in [0, 0.05) is 12.1 Å². The summed E-state index contributed by atoms with van der Waals surface area (Å²) in [6.07, 6.45) is 6.83. The van der Waals surface area contributed by atoms with E-state index in [-0.39, 0.29) is 5.56 Å². The summed E-state index contributed by atoms with van der Waals surface area (Å²) in [5, 5.41) is 9.41. The van der Waals surface area contributed by atoms with Crippen LogP contribution in [-0.2, 0) is 13.5 Å². The third kappa shape index (κ3) is 2.20. The molecule has 1 saturated carbocycles. The molecule has 1 aliphatic carbocycles. The van der Waals surface area contributed by atoms with E-state index in [1.807, 2.05) is 10.5 Å². The van der Waals surface area contributed by atoms with Crippen LogP contribution in [0.4, 0.5) is 0 Å². The number of nitrogens with zero attached hydrogens (tertiary/aromatic N) is 6. The highest BCUT2D eigenvalue weighted by atomic mass is 35.5. The smallest absolute Gasteiger partial charge is 0.261 e. The Bertz CT molecular complexity index is 1230. The monoisotopic (exact) mass is 368 g/mol. The molecule has 1 aliphatic rings. The van der Waals surface area contributed by atoms with Gasteiger partial charge >= 0.3 is 0 Å². The first kappa shape index (κ1) is 15.6. The minimum Gasteiger partial charge on any atom is -0.294 e. The number of halogens is 1. The molecule has 0 radical (unpaired) electrons. The Morgan fingerprint density at radius 3 is 2.88 bits per heavy atom. The van der Waals surface area contributed by atoms with Crippen molar-refractivity contribution in [2.45, 2.75) is 26.2 Å². The van der Waals surface area contributed by atoms with E-state index in [0.717, 1.165) is 17.6 Å². The average molecular weight is 369 g/mol. The Morgan fingerprint density at radius 1 is 1.31 bits per heavy atom. The lowest BCUT2D eigenvalue weighted by atomic mass is 10.0. The molecule has 0 unspecified atom stereocenters. The van der Waals surface area contributed by atoms with Crippen LogP contribution in [0.1, 0.15) is 25.5 Å². The maximum Gasteiger partial charge on any atom is 0.261 e. The van der Waals surface area contributed by atoms with Gasteiger partial charge in [0.25, 0.3) is 5.56 Å². The molecule has 0 atom stereocenters. The number of aryl methyl sites for hydroxylation is 1. The highest BCUT2D eigenvalue weighted by molar-refractivity contribution is 6.31. The van der Waals surface area contributed by atoms with Gasteiger partial charge in [0.2, 0.25) is 0 Å². The van der Waals surface area contributed by atoms with Crippen molar-refractivity contribution in [3.8, 4) is 5.82 Å². The highest BCUT2D eigenvalue weighted by Gasteiger charge is 2.38. The molecule has 8 heteroatoms. The van der Waals surface area contributed by atoms with E-state index >= 15 is 0 Å². The van der Waals surface area contributed by atoms with Crippen molar-refractivity contribution in [2.24, 2.45) is 12.5 Å². The minimum atomic E-state index is -0.118. The molecule has 0 N–H and O–H groups in total. The Balaban J connectivity index is 1.79. The van der Waals surface area contributed by atoms with E-state index in [9.17, 15) is 4.79 Å². The second-order valence-electron chi connectivity index (χ2n) is 7.41. The Kier molecular flexibility index (Phi) is 3.10. The van der Waals surface area contributed by atoms with Gasteiger partial charge in [-0.3, -0.25) is 13.8 Å². The van der Waals surface area contributed by atoms with Gasteiger partial charge in [-0.25, -0.2) is 4.98 Å². The van der Waals surface area contributed by atoms with Crippen LogP contribution in [0, 0.1) is 5.41 Å². The van der Waals surface area contributed by atoms with Crippen LogP contribution in [0.25, 0.3) is 22.4 Å². The number of fused-ring (bicyclic) bond motifs is 3. The minimum absolute atomic E-state index is 0.118. The van der Waals surface area contributed by atoms with Crippen molar-refractivity contribution >= 4 is 28.2 Å². The third-order valence-electron chi connectivity index (χ3n) is 5.33. The highest BCUT2D eigenvalue weighted by Crippen LogP contribution is 2.47. The molecular weight excluding hydrogens is 352 g/mol. The molecule has 3 heterocycles. The second-order valence-corrected chi connectivity index (χ2v) is 7.85. The summed E-state index contributed by atoms with van der Waals surface area (Å²) < 4.78 is 5.23. The summed E-state index contributed by atoms with van der Waals surface area (Å²) in [6.45, 7) is 2.27. The summed E-state index contributed by atoms with van der Waals surface area (Å²) in [6, 6.07) is 5.30. The fourth-order valence-electron chi connectivity index (χ4n) is 3.52. The van der Waals surface area contributed by atoms with Gasteiger partial charge in [-0.05, 0) is 42.9 Å². The van der Waals surface area contributed by atoms with E-state index in [1.165, 1.54) is 12.8 Å². The topological polar surface area (TPSA) is 70.0 Å². The zero-order valence-corrected chi connectivity index (χ0v) is 15.2. The van der Waals surface area contributed by atoms with Crippen LogP contribution in [0.2, 0.25) is 5.02 Å². The summed E-state index contributed by atoms with van der Waals surface area (Å²) in [4.78, 5) is 17.4. The zero-order valence-electron chi connectivity index (χ0n) is 14.5. The van der Waals surface area contributed by atoms with Crippen LogP contribution >= 0.6 is 11.6 Å². The van der Waals surface area contributed by atoms with E-state index in [4.69, 9.17) is 11.6 Å². The van der Waals surface area contributed by atoms with Gasteiger partial charge in [-0.15, -0.1) is 5.10 Å². The van der Waals surface area contributed by atoms with Crippen molar-refractivity contribution < 1.29 is 0 Å². The van der Waals surface area contributed by atoms with Crippen molar-refractivity contribution in [1.82, 2.24) is 28.9 Å². The summed E-state index contributed by atoms with van der Waals surface area (Å²) in [7, 11) is 1.74. The molecular formula is C18H17ClN6O. The van der Waals surface area contributed by atoms with Gasteiger partial charge in [0.05, 0.1) is 22.8 Å². The van der Waals surface area contributed by atoms with Gasteiger partial charge in [0.1, 0.15) is 6.33 Å². The maximum absolute atomic E-state index is 12.9. The van der Waals surface area contributed by atoms with Crippen LogP contribution in [0.5, 0.6) is 0 Å². The first-order valence-electron chi connectivity index (χ1n) is 8.52. The lowest BCUT2D eigenvalue weighted by Crippen LogP contribution is -2.21. The number of rotatable bonds is 3. The van der Waals surface area contributed by atoms with Crippen LogP contribution in [0.15, 0.2) is 35.5 Å². The molecule has 7 nitrogen and oxygen atoms in total. The summed E-state index contributed by atoms with van der Waals surface area (Å²) >= 11 is 6.07. The molecule has 1 fully saturated rings. The largest absolute Gasteiger partial charge is 0.294 e. The number of imidazole rings is 1. The molecule has 0 saturated heterocycles. The Morgan fingerprint density at radius 2 is 2.12 bits per heavy atom.